The van der Waals surface area contributed by atoms with Crippen LogP contribution in [0.3, 0.4) is 0 Å². The van der Waals surface area contributed by atoms with Gasteiger partial charge in [0.05, 0.1) is 0 Å². The minimum Gasteiger partial charge on any atom is -0.456 e. The lowest BCUT2D eigenvalue weighted by Gasteiger charge is -2.30. The van der Waals surface area contributed by atoms with Crippen LogP contribution < -0.4 is 0 Å². The molecule has 0 bridgehead atoms. The Balaban J connectivity index is 1.32. The number of hydrogen-bond donors (Lipinski definition) is 0. The number of benzene rings is 5. The Bertz CT molecular complexity index is 2120. The van der Waals surface area contributed by atoms with Gasteiger partial charge in [-0.3, -0.25) is 0 Å². The molecule has 3 heteroatoms. The van der Waals surface area contributed by atoms with Gasteiger partial charge in [-0.25, -0.2) is 0 Å². The molecule has 0 saturated carbocycles. The highest BCUT2D eigenvalue weighted by Crippen LogP contribution is 2.41. The third-order valence-electron chi connectivity index (χ3n) is 8.41. The number of nitrogens with zero attached hydrogens (tertiary/aromatic N) is 2. The highest BCUT2D eigenvalue weighted by molar-refractivity contribution is 6.26. The van der Waals surface area contributed by atoms with Crippen LogP contribution in [0.15, 0.2) is 114 Å². The largest absolute Gasteiger partial charge is 0.456 e. The highest BCUT2D eigenvalue weighted by atomic mass is 16.3. The number of hydrogen-bond acceptors (Lipinski definition) is 1. The Kier molecular flexibility index (Phi) is 4.40. The molecule has 184 valence electrons. The van der Waals surface area contributed by atoms with Crippen molar-refractivity contribution >= 4 is 65.6 Å². The Hall–Kier alpha value is -4.50. The molecule has 0 spiro atoms. The first-order valence-corrected chi connectivity index (χ1v) is 13.4. The van der Waals surface area contributed by atoms with Crippen molar-refractivity contribution < 1.29 is 4.42 Å². The van der Waals surface area contributed by atoms with Crippen LogP contribution in [0.5, 0.6) is 0 Å². The Morgan fingerprint density at radius 2 is 1.11 bits per heavy atom. The summed E-state index contributed by atoms with van der Waals surface area (Å²) in [5, 5.41) is 7.62. The van der Waals surface area contributed by atoms with Crippen molar-refractivity contribution in [3.8, 4) is 0 Å². The van der Waals surface area contributed by atoms with Crippen LogP contribution in [-0.4, -0.2) is 9.13 Å². The average molecular weight is 493 g/mol. The first-order valence-electron chi connectivity index (χ1n) is 13.4. The van der Waals surface area contributed by atoms with Crippen molar-refractivity contribution in [2.45, 2.75) is 32.4 Å². The average Bonchev–Trinajstić information content (AvgIpc) is 3.59. The van der Waals surface area contributed by atoms with Gasteiger partial charge in [0.15, 0.2) is 0 Å². The van der Waals surface area contributed by atoms with E-state index in [-0.39, 0.29) is 5.54 Å². The summed E-state index contributed by atoms with van der Waals surface area (Å²) in [6.45, 7) is 5.67. The maximum atomic E-state index is 6.25. The van der Waals surface area contributed by atoms with E-state index in [1.165, 1.54) is 54.4 Å². The fourth-order valence-electron chi connectivity index (χ4n) is 6.67. The van der Waals surface area contributed by atoms with Crippen molar-refractivity contribution in [1.29, 1.82) is 0 Å². The zero-order valence-corrected chi connectivity index (χ0v) is 21.6. The fraction of sp³-hybridized carbons (Fsp3) is 0.143. The lowest BCUT2D eigenvalue weighted by molar-refractivity contribution is 0.330. The van der Waals surface area contributed by atoms with Crippen LogP contribution in [0.1, 0.15) is 20.3 Å². The normalized spacial score (nSPS) is 12.7. The summed E-state index contributed by atoms with van der Waals surface area (Å²) in [5.41, 5.74) is 6.94. The van der Waals surface area contributed by atoms with Crippen LogP contribution in [0.25, 0.3) is 65.6 Å². The van der Waals surface area contributed by atoms with E-state index in [9.17, 15) is 0 Å². The second-order valence-corrected chi connectivity index (χ2v) is 11.0. The number of aryl methyl sites for hydroxylation is 1. The number of aromatic nitrogens is 2. The Labute approximate surface area is 220 Å². The quantitative estimate of drug-likeness (QED) is 0.240. The van der Waals surface area contributed by atoms with E-state index in [1.54, 1.807) is 0 Å². The van der Waals surface area contributed by atoms with Crippen molar-refractivity contribution in [3.05, 3.63) is 109 Å². The van der Waals surface area contributed by atoms with Gasteiger partial charge in [0.2, 0.25) is 0 Å². The van der Waals surface area contributed by atoms with Gasteiger partial charge in [-0.2, -0.15) is 0 Å². The number of fused-ring (bicyclic) bond motifs is 10. The third-order valence-corrected chi connectivity index (χ3v) is 8.41. The van der Waals surface area contributed by atoms with Crippen LogP contribution in [0, 0.1) is 0 Å². The minimum absolute atomic E-state index is 0.0904. The summed E-state index contributed by atoms with van der Waals surface area (Å²) in [5.74, 6) is 0. The van der Waals surface area contributed by atoms with Gasteiger partial charge in [-0.1, -0.05) is 72.8 Å². The Morgan fingerprint density at radius 3 is 1.82 bits per heavy atom. The van der Waals surface area contributed by atoms with Crippen molar-refractivity contribution in [1.82, 2.24) is 9.13 Å². The van der Waals surface area contributed by atoms with Gasteiger partial charge in [-0.05, 0) is 56.7 Å². The van der Waals surface area contributed by atoms with Crippen molar-refractivity contribution in [3.63, 3.8) is 0 Å². The molecule has 0 aliphatic rings. The maximum Gasteiger partial charge on any atom is 0.136 e. The lowest BCUT2D eigenvalue weighted by Crippen LogP contribution is -2.27. The summed E-state index contributed by atoms with van der Waals surface area (Å²) in [7, 11) is 0. The molecular weight excluding hydrogens is 464 g/mol. The summed E-state index contributed by atoms with van der Waals surface area (Å²) in [4.78, 5) is 0. The van der Waals surface area contributed by atoms with Crippen LogP contribution in [-0.2, 0) is 12.1 Å². The molecule has 0 N–H and O–H groups in total. The van der Waals surface area contributed by atoms with Gasteiger partial charge in [0.1, 0.15) is 11.2 Å². The Morgan fingerprint density at radius 1 is 0.526 bits per heavy atom. The lowest BCUT2D eigenvalue weighted by atomic mass is 9.99. The van der Waals surface area contributed by atoms with Gasteiger partial charge in [0, 0.05) is 66.5 Å². The van der Waals surface area contributed by atoms with E-state index in [0.717, 1.165) is 24.1 Å². The summed E-state index contributed by atoms with van der Waals surface area (Å²) in [6, 6.07) is 39.2. The van der Waals surface area contributed by atoms with E-state index in [1.807, 2.05) is 6.07 Å². The fourth-order valence-corrected chi connectivity index (χ4v) is 6.67. The summed E-state index contributed by atoms with van der Waals surface area (Å²) in [6.07, 6.45) is 0.994. The molecular formula is C35H28N2O. The molecule has 0 radical (unpaired) electrons. The highest BCUT2D eigenvalue weighted by Gasteiger charge is 2.26. The number of furan rings is 1. The van der Waals surface area contributed by atoms with Crippen molar-refractivity contribution in [2.75, 3.05) is 0 Å². The third kappa shape index (κ3) is 2.90. The predicted octanol–water partition coefficient (Wildman–Crippen LogP) is 9.63. The molecule has 0 unspecified atom stereocenters. The van der Waals surface area contributed by atoms with Crippen LogP contribution in [0.2, 0.25) is 0 Å². The smallest absolute Gasteiger partial charge is 0.136 e. The van der Waals surface area contributed by atoms with Gasteiger partial charge < -0.3 is 13.6 Å². The second-order valence-electron chi connectivity index (χ2n) is 11.0. The molecule has 3 heterocycles. The summed E-state index contributed by atoms with van der Waals surface area (Å²) < 4.78 is 11.3. The molecule has 3 aromatic heterocycles. The van der Waals surface area contributed by atoms with E-state index in [4.69, 9.17) is 4.42 Å². The summed E-state index contributed by atoms with van der Waals surface area (Å²) >= 11 is 0. The molecule has 38 heavy (non-hydrogen) atoms. The van der Waals surface area contributed by atoms with Crippen molar-refractivity contribution in [2.24, 2.45) is 0 Å². The van der Waals surface area contributed by atoms with Gasteiger partial charge in [0.25, 0.3) is 0 Å². The van der Waals surface area contributed by atoms with Gasteiger partial charge >= 0.3 is 0 Å². The van der Waals surface area contributed by atoms with E-state index in [0.29, 0.717) is 0 Å². The van der Waals surface area contributed by atoms with Crippen LogP contribution >= 0.6 is 0 Å². The van der Waals surface area contributed by atoms with E-state index < -0.39 is 0 Å². The second kappa shape index (κ2) is 7.75. The number of rotatable bonds is 4. The topological polar surface area (TPSA) is 23.0 Å². The first kappa shape index (κ1) is 21.6. The molecule has 0 atom stereocenters. The monoisotopic (exact) mass is 492 g/mol. The first-order chi connectivity index (χ1) is 18.6. The van der Waals surface area contributed by atoms with Crippen LogP contribution in [0.4, 0.5) is 0 Å². The van der Waals surface area contributed by atoms with E-state index in [2.05, 4.69) is 126 Å². The number of para-hydroxylation sites is 4. The minimum atomic E-state index is -0.0904. The molecule has 5 aromatic carbocycles. The SMILES string of the molecule is CC(C)(CCn1c2ccccc2c2c3c(ccc21)oc1ccccc13)n1c2ccccc2c2ccccc21. The molecule has 8 rings (SSSR count). The molecule has 8 aromatic rings. The molecule has 0 saturated heterocycles. The standard InChI is InChI=1S/C35H28N2O/c1-35(2,37-28-16-8-3-11-23(28)24-12-4-9-17-29(24)37)21-22-36-27-15-7-5-13-25(27)33-30(36)19-20-32-34(33)26-14-6-10-18-31(26)38-32/h3-20H,21-22H2,1-2H3. The molecule has 0 aliphatic carbocycles. The molecule has 0 amide bonds. The van der Waals surface area contributed by atoms with E-state index >= 15 is 0 Å². The predicted molar refractivity (Wildman–Crippen MR) is 160 cm³/mol. The molecule has 3 nitrogen and oxygen atoms in total. The van der Waals surface area contributed by atoms with Gasteiger partial charge in [-0.15, -0.1) is 0 Å². The molecule has 0 fully saturated rings. The zero-order chi connectivity index (χ0) is 25.4. The maximum absolute atomic E-state index is 6.25. The molecule has 0 aliphatic heterocycles. The zero-order valence-electron chi connectivity index (χ0n) is 21.6.